The second-order valence-electron chi connectivity index (χ2n) is 3.21. The highest BCUT2D eigenvalue weighted by Gasteiger charge is 2.38. The first-order valence-corrected chi connectivity index (χ1v) is 6.88. The lowest BCUT2D eigenvalue weighted by Crippen LogP contribution is -2.42. The van der Waals surface area contributed by atoms with Crippen molar-refractivity contribution in [3.63, 3.8) is 0 Å². The summed E-state index contributed by atoms with van der Waals surface area (Å²) in [6, 6.07) is 0.0570. The summed E-state index contributed by atoms with van der Waals surface area (Å²) < 4.78 is 9.79. The molecular weight excluding hydrogens is 220 g/mol. The molecule has 0 aromatic rings. The number of aliphatic carboxylic acids is 1. The van der Waals surface area contributed by atoms with Crippen molar-refractivity contribution in [3.05, 3.63) is 0 Å². The third kappa shape index (κ3) is 6.67. The van der Waals surface area contributed by atoms with E-state index in [2.05, 4.69) is 0 Å². The minimum absolute atomic E-state index is 0.0570. The summed E-state index contributed by atoms with van der Waals surface area (Å²) in [4.78, 5) is 31.9. The molecule has 0 aromatic carbocycles. The molecule has 0 saturated carbocycles. The van der Waals surface area contributed by atoms with Crippen LogP contribution in [0.5, 0.6) is 0 Å². The Bertz CT molecular complexity index is 258. The minimum Gasteiger partial charge on any atom is -0.485 e. The number of hydrogen-bond acceptors (Lipinski definition) is 5. The van der Waals surface area contributed by atoms with E-state index < -0.39 is 26.5 Å². The number of carboxylic acids is 1. The molecule has 0 aliphatic rings. The van der Waals surface area contributed by atoms with Gasteiger partial charge in [-0.25, -0.2) is 0 Å². The highest BCUT2D eigenvalue weighted by Crippen LogP contribution is 2.16. The molecule has 0 amide bonds. The summed E-state index contributed by atoms with van der Waals surface area (Å²) in [7, 11) is -3.02. The first kappa shape index (κ1) is 13.6. The molecule has 0 fully saturated rings. The van der Waals surface area contributed by atoms with Crippen LogP contribution in [0, 0.1) is 0 Å². The summed E-state index contributed by atoms with van der Waals surface area (Å²) in [6.07, 6.45) is -0.191. The SMILES string of the molecule is CC(=O)O[Si](C)(CCC(=O)O)OC(C)=O. The third-order valence-electron chi connectivity index (χ3n) is 1.51. The van der Waals surface area contributed by atoms with Gasteiger partial charge in [0.25, 0.3) is 11.9 Å². The number of carbonyl (C=O) groups is 3. The Morgan fingerprint density at radius 1 is 1.13 bits per heavy atom. The van der Waals surface area contributed by atoms with E-state index in [0.717, 1.165) is 0 Å². The van der Waals surface area contributed by atoms with Crippen molar-refractivity contribution in [1.29, 1.82) is 0 Å². The largest absolute Gasteiger partial charge is 0.485 e. The van der Waals surface area contributed by atoms with Gasteiger partial charge in [0.05, 0.1) is 0 Å². The lowest BCUT2D eigenvalue weighted by molar-refractivity contribution is -0.141. The van der Waals surface area contributed by atoms with Crippen molar-refractivity contribution < 1.29 is 28.3 Å². The van der Waals surface area contributed by atoms with E-state index in [0.29, 0.717) is 0 Å². The molecule has 0 rings (SSSR count). The van der Waals surface area contributed by atoms with Gasteiger partial charge in [-0.15, -0.1) is 0 Å². The smallest absolute Gasteiger partial charge is 0.461 e. The van der Waals surface area contributed by atoms with Gasteiger partial charge in [-0.05, 0) is 0 Å². The fourth-order valence-electron chi connectivity index (χ4n) is 1.06. The highest BCUT2D eigenvalue weighted by molar-refractivity contribution is 6.69. The number of rotatable bonds is 5. The van der Waals surface area contributed by atoms with Gasteiger partial charge >= 0.3 is 14.5 Å². The number of hydrogen-bond donors (Lipinski definition) is 1. The van der Waals surface area contributed by atoms with Crippen LogP contribution in [0.15, 0.2) is 0 Å². The second kappa shape index (κ2) is 5.49. The minimum atomic E-state index is -3.02. The molecule has 0 heterocycles. The van der Waals surface area contributed by atoms with E-state index >= 15 is 0 Å². The van der Waals surface area contributed by atoms with Crippen molar-refractivity contribution >= 4 is 26.5 Å². The molecule has 0 atom stereocenters. The van der Waals surface area contributed by atoms with Crippen LogP contribution in [0.3, 0.4) is 0 Å². The second-order valence-corrected chi connectivity index (χ2v) is 6.39. The standard InChI is InChI=1S/C8H14O6Si/c1-6(9)13-15(3,14-7(2)10)5-4-8(11)12/h4-5H2,1-3H3,(H,11,12). The van der Waals surface area contributed by atoms with Crippen molar-refractivity contribution in [2.24, 2.45) is 0 Å². The normalized spacial score (nSPS) is 10.6. The van der Waals surface area contributed by atoms with Gasteiger partial charge < -0.3 is 14.0 Å². The molecule has 0 aliphatic carbocycles. The van der Waals surface area contributed by atoms with Crippen LogP contribution in [0.2, 0.25) is 12.6 Å². The zero-order valence-electron chi connectivity index (χ0n) is 8.90. The Morgan fingerprint density at radius 2 is 1.53 bits per heavy atom. The van der Waals surface area contributed by atoms with Crippen molar-refractivity contribution in [1.82, 2.24) is 0 Å². The zero-order chi connectivity index (χ0) is 12.1. The fraction of sp³-hybridized carbons (Fsp3) is 0.625. The molecule has 0 aliphatic heterocycles. The van der Waals surface area contributed by atoms with E-state index in [-0.39, 0.29) is 12.5 Å². The zero-order valence-corrected chi connectivity index (χ0v) is 9.90. The lowest BCUT2D eigenvalue weighted by atomic mass is 10.5. The Labute approximate surface area is 88.4 Å². The molecule has 0 spiro atoms. The molecule has 6 nitrogen and oxygen atoms in total. The predicted octanol–water partition coefficient (Wildman–Crippen LogP) is 0.659. The van der Waals surface area contributed by atoms with E-state index in [9.17, 15) is 14.4 Å². The Hall–Kier alpha value is -1.37. The van der Waals surface area contributed by atoms with Crippen molar-refractivity contribution in [2.45, 2.75) is 32.9 Å². The van der Waals surface area contributed by atoms with Crippen LogP contribution in [-0.2, 0) is 23.2 Å². The Morgan fingerprint density at radius 3 is 1.80 bits per heavy atom. The van der Waals surface area contributed by atoms with Crippen LogP contribution in [0.1, 0.15) is 20.3 Å². The monoisotopic (exact) mass is 234 g/mol. The molecule has 0 aromatic heterocycles. The Balaban J connectivity index is 4.46. The molecule has 0 saturated heterocycles. The van der Waals surface area contributed by atoms with Gasteiger partial charge in [0.1, 0.15) is 0 Å². The maximum Gasteiger partial charge on any atom is 0.461 e. The highest BCUT2D eigenvalue weighted by atomic mass is 28.4. The van der Waals surface area contributed by atoms with Crippen LogP contribution < -0.4 is 0 Å². The summed E-state index contributed by atoms with van der Waals surface area (Å²) in [5.74, 6) is -2.17. The average molecular weight is 234 g/mol. The van der Waals surface area contributed by atoms with E-state index in [4.69, 9.17) is 14.0 Å². The van der Waals surface area contributed by atoms with Crippen molar-refractivity contribution in [3.8, 4) is 0 Å². The third-order valence-corrected chi connectivity index (χ3v) is 4.11. The molecule has 15 heavy (non-hydrogen) atoms. The van der Waals surface area contributed by atoms with Gasteiger partial charge in [-0.1, -0.05) is 0 Å². The maximum atomic E-state index is 10.8. The van der Waals surface area contributed by atoms with Gasteiger partial charge in [0.15, 0.2) is 0 Å². The molecule has 1 N–H and O–H groups in total. The van der Waals surface area contributed by atoms with Crippen LogP contribution in [0.25, 0.3) is 0 Å². The maximum absolute atomic E-state index is 10.8. The van der Waals surface area contributed by atoms with Gasteiger partial charge in [-0.2, -0.15) is 0 Å². The summed E-state index contributed by atoms with van der Waals surface area (Å²) in [5.41, 5.74) is 0. The first-order valence-electron chi connectivity index (χ1n) is 4.36. The van der Waals surface area contributed by atoms with Gasteiger partial charge in [0, 0.05) is 32.9 Å². The topological polar surface area (TPSA) is 89.9 Å². The van der Waals surface area contributed by atoms with Gasteiger partial charge in [0.2, 0.25) is 0 Å². The lowest BCUT2D eigenvalue weighted by Gasteiger charge is -2.24. The van der Waals surface area contributed by atoms with Gasteiger partial charge in [-0.3, -0.25) is 14.4 Å². The quantitative estimate of drug-likeness (QED) is 0.703. The summed E-state index contributed by atoms with van der Waals surface area (Å²) in [6.45, 7) is 3.86. The summed E-state index contributed by atoms with van der Waals surface area (Å²) in [5, 5.41) is 8.49. The first-order chi connectivity index (χ1) is 6.75. The summed E-state index contributed by atoms with van der Waals surface area (Å²) >= 11 is 0. The average Bonchev–Trinajstić information content (AvgIpc) is 1.97. The molecule has 86 valence electrons. The van der Waals surface area contributed by atoms with Crippen LogP contribution in [-0.4, -0.2) is 31.6 Å². The molecule has 0 radical (unpaired) electrons. The Kier molecular flexibility index (Phi) is 4.99. The van der Waals surface area contributed by atoms with E-state index in [1.54, 1.807) is 0 Å². The van der Waals surface area contributed by atoms with E-state index in [1.165, 1.54) is 20.4 Å². The molecule has 7 heteroatoms. The van der Waals surface area contributed by atoms with E-state index in [1.807, 2.05) is 0 Å². The fourth-order valence-corrected chi connectivity index (χ4v) is 3.19. The molecular formula is C8H14O6Si. The molecule has 0 unspecified atom stereocenters. The molecule has 0 bridgehead atoms. The van der Waals surface area contributed by atoms with Crippen LogP contribution in [0.4, 0.5) is 0 Å². The number of carboxylic acid groups (broad SMARTS) is 1. The van der Waals surface area contributed by atoms with Crippen molar-refractivity contribution in [2.75, 3.05) is 0 Å². The number of carbonyl (C=O) groups excluding carboxylic acids is 2. The predicted molar refractivity (Wildman–Crippen MR) is 52.2 cm³/mol. The van der Waals surface area contributed by atoms with Crippen LogP contribution >= 0.6 is 0 Å².